The first-order valence-corrected chi connectivity index (χ1v) is 14.1. The lowest BCUT2D eigenvalue weighted by Crippen LogP contribution is -2.43. The number of carbonyl (C=O) groups excluding carboxylic acids is 3. The van der Waals surface area contributed by atoms with E-state index in [1.54, 1.807) is 32.0 Å². The van der Waals surface area contributed by atoms with Gasteiger partial charge in [-0.1, -0.05) is 48.7 Å². The molecule has 3 atom stereocenters. The van der Waals surface area contributed by atoms with Gasteiger partial charge in [0.2, 0.25) is 0 Å². The summed E-state index contributed by atoms with van der Waals surface area (Å²) >= 11 is 14.8. The molecule has 0 bridgehead atoms. The van der Waals surface area contributed by atoms with Crippen LogP contribution in [0.2, 0.25) is 10.0 Å². The number of esters is 2. The quantitative estimate of drug-likeness (QED) is 0.290. The van der Waals surface area contributed by atoms with Crippen LogP contribution in [0, 0.1) is 5.92 Å². The van der Waals surface area contributed by atoms with E-state index < -0.39 is 35.5 Å². The minimum Gasteiger partial charge on any atom is -0.465 e. The Morgan fingerprint density at radius 1 is 1.05 bits per heavy atom. The molecule has 0 saturated carbocycles. The van der Waals surface area contributed by atoms with Crippen molar-refractivity contribution in [2.45, 2.75) is 51.9 Å². The Morgan fingerprint density at radius 2 is 1.76 bits per heavy atom. The second-order valence-corrected chi connectivity index (χ2v) is 10.7. The summed E-state index contributed by atoms with van der Waals surface area (Å²) in [4.78, 5) is 41.9. The van der Waals surface area contributed by atoms with E-state index in [9.17, 15) is 14.4 Å². The molecule has 1 aromatic carbocycles. The highest BCUT2D eigenvalue weighted by molar-refractivity contribution is 7.10. The molecule has 0 unspecified atom stereocenters. The molecular weight excluding hydrogens is 533 g/mol. The number of hydrogen-bond acceptors (Lipinski definition) is 7. The van der Waals surface area contributed by atoms with Crippen LogP contribution in [0.15, 0.2) is 58.3 Å². The summed E-state index contributed by atoms with van der Waals surface area (Å²) in [6, 6.07) is 8.90. The van der Waals surface area contributed by atoms with Gasteiger partial charge in [0.25, 0.3) is 0 Å². The molecule has 37 heavy (non-hydrogen) atoms. The summed E-state index contributed by atoms with van der Waals surface area (Å²) in [7, 11) is 0. The van der Waals surface area contributed by atoms with Crippen molar-refractivity contribution in [3.8, 4) is 0 Å². The van der Waals surface area contributed by atoms with Gasteiger partial charge in [0.15, 0.2) is 5.78 Å². The highest BCUT2D eigenvalue weighted by atomic mass is 35.5. The van der Waals surface area contributed by atoms with Crippen LogP contribution in [0.3, 0.4) is 0 Å². The maximum atomic E-state index is 14.3. The smallest absolute Gasteiger partial charge is 0.336 e. The molecule has 4 rings (SSSR count). The number of ether oxygens (including phenoxy) is 2. The predicted octanol–water partition coefficient (Wildman–Crippen LogP) is 6.55. The van der Waals surface area contributed by atoms with Crippen LogP contribution >= 0.6 is 34.5 Å². The van der Waals surface area contributed by atoms with Crippen LogP contribution in [0.4, 0.5) is 0 Å². The highest BCUT2D eigenvalue weighted by Crippen LogP contribution is 2.51. The van der Waals surface area contributed by atoms with Crippen molar-refractivity contribution in [2.75, 3.05) is 13.2 Å². The molecule has 1 N–H and O–H groups in total. The average Bonchev–Trinajstić information content (AvgIpc) is 3.39. The maximum Gasteiger partial charge on any atom is 0.336 e. The Labute approximate surface area is 230 Å². The number of hydrogen-bond donors (Lipinski definition) is 1. The molecule has 2 aromatic rings. The summed E-state index contributed by atoms with van der Waals surface area (Å²) in [6.07, 6.45) is 1.71. The molecule has 1 aliphatic carbocycles. The molecule has 6 nitrogen and oxygen atoms in total. The van der Waals surface area contributed by atoms with Crippen molar-refractivity contribution in [2.24, 2.45) is 5.92 Å². The van der Waals surface area contributed by atoms with Gasteiger partial charge in [0.1, 0.15) is 5.92 Å². The first-order valence-electron chi connectivity index (χ1n) is 12.4. The van der Waals surface area contributed by atoms with E-state index in [1.165, 1.54) is 11.3 Å². The number of allylic oxidation sites excluding steroid dienone is 3. The van der Waals surface area contributed by atoms with Gasteiger partial charge in [-0.2, -0.15) is 0 Å². The number of thiophene rings is 1. The lowest BCUT2D eigenvalue weighted by Gasteiger charge is -2.40. The fourth-order valence-corrected chi connectivity index (χ4v) is 6.67. The Kier molecular flexibility index (Phi) is 8.78. The topological polar surface area (TPSA) is 81.7 Å². The number of rotatable bonds is 8. The molecule has 2 heterocycles. The van der Waals surface area contributed by atoms with Crippen LogP contribution in [0.25, 0.3) is 0 Å². The molecule has 1 aliphatic heterocycles. The third-order valence-corrected chi connectivity index (χ3v) is 8.30. The van der Waals surface area contributed by atoms with Crippen LogP contribution in [-0.4, -0.2) is 30.9 Å². The number of dihydropyridines is 1. The van der Waals surface area contributed by atoms with Gasteiger partial charge in [-0.25, -0.2) is 4.79 Å². The largest absolute Gasteiger partial charge is 0.465 e. The average molecular weight is 563 g/mol. The zero-order valence-electron chi connectivity index (χ0n) is 20.9. The molecule has 0 amide bonds. The van der Waals surface area contributed by atoms with Crippen molar-refractivity contribution in [3.05, 3.63) is 78.7 Å². The van der Waals surface area contributed by atoms with Gasteiger partial charge < -0.3 is 14.8 Å². The molecule has 0 radical (unpaired) electrons. The van der Waals surface area contributed by atoms with Crippen molar-refractivity contribution in [1.29, 1.82) is 0 Å². The van der Waals surface area contributed by atoms with E-state index in [-0.39, 0.29) is 13.2 Å². The van der Waals surface area contributed by atoms with E-state index in [2.05, 4.69) is 5.32 Å². The van der Waals surface area contributed by atoms with Crippen LogP contribution < -0.4 is 5.32 Å². The number of ketones is 1. The summed E-state index contributed by atoms with van der Waals surface area (Å²) in [6.45, 7) is 5.76. The van der Waals surface area contributed by atoms with Crippen LogP contribution in [-0.2, 0) is 23.9 Å². The van der Waals surface area contributed by atoms with Gasteiger partial charge in [-0.15, -0.1) is 11.3 Å². The Morgan fingerprint density at radius 3 is 2.35 bits per heavy atom. The van der Waals surface area contributed by atoms with Gasteiger partial charge in [-0.3, -0.25) is 9.59 Å². The lowest BCUT2D eigenvalue weighted by molar-refractivity contribution is -0.152. The maximum absolute atomic E-state index is 14.3. The van der Waals surface area contributed by atoms with Crippen LogP contribution in [0.1, 0.15) is 62.3 Å². The summed E-state index contributed by atoms with van der Waals surface area (Å²) < 4.78 is 10.8. The second kappa shape index (κ2) is 11.8. The summed E-state index contributed by atoms with van der Waals surface area (Å²) in [5, 5.41) is 5.97. The van der Waals surface area contributed by atoms with E-state index in [1.807, 2.05) is 24.4 Å². The van der Waals surface area contributed by atoms with Crippen molar-refractivity contribution in [1.82, 2.24) is 5.32 Å². The predicted molar refractivity (Wildman–Crippen MR) is 145 cm³/mol. The zero-order valence-corrected chi connectivity index (χ0v) is 23.3. The fraction of sp³-hybridized carbons (Fsp3) is 0.393. The second-order valence-electron chi connectivity index (χ2n) is 8.87. The molecule has 1 aromatic heterocycles. The zero-order chi connectivity index (χ0) is 26.7. The first-order chi connectivity index (χ1) is 17.8. The monoisotopic (exact) mass is 561 g/mol. The number of carbonyl (C=O) groups is 3. The minimum absolute atomic E-state index is 0.151. The molecule has 9 heteroatoms. The number of Topliss-reactive ketones (excluding diaryl/α,β-unsaturated/α-hetero) is 1. The lowest BCUT2D eigenvalue weighted by atomic mass is 9.68. The molecule has 2 aliphatic rings. The van der Waals surface area contributed by atoms with Crippen molar-refractivity contribution < 1.29 is 23.9 Å². The molecule has 0 fully saturated rings. The van der Waals surface area contributed by atoms with E-state index in [0.29, 0.717) is 51.0 Å². The number of nitrogens with one attached hydrogen (secondary N) is 1. The van der Waals surface area contributed by atoms with Gasteiger partial charge in [-0.05, 0) is 50.3 Å². The minimum atomic E-state index is -1.06. The number of benzene rings is 1. The Hall–Kier alpha value is -2.61. The molecule has 0 saturated heterocycles. The molecule has 196 valence electrons. The third kappa shape index (κ3) is 5.22. The standard InChI is InChI=1S/C28H29Cl2NO5S/c1-4-9-18-24(28(34)36-6-3)25(22-16(29)10-7-11-17(22)30)23-19(31-18)14-15(20-12-8-13-37-20)21(26(23)32)27(33)35-5-2/h7-8,10-13,15,21,25,31H,4-6,9,14H2,1-3H3/t15-,21-,25+/m0/s1. The molecule has 0 spiro atoms. The van der Waals surface area contributed by atoms with Crippen molar-refractivity contribution in [3.63, 3.8) is 0 Å². The van der Waals surface area contributed by atoms with E-state index >= 15 is 0 Å². The van der Waals surface area contributed by atoms with Gasteiger partial charge in [0, 0.05) is 43.4 Å². The van der Waals surface area contributed by atoms with E-state index in [0.717, 1.165) is 11.3 Å². The van der Waals surface area contributed by atoms with E-state index in [4.69, 9.17) is 32.7 Å². The first kappa shape index (κ1) is 27.4. The highest BCUT2D eigenvalue weighted by Gasteiger charge is 2.50. The Balaban J connectivity index is 1.97. The fourth-order valence-electron chi connectivity index (χ4n) is 5.19. The van der Waals surface area contributed by atoms with Crippen molar-refractivity contribution >= 4 is 52.3 Å². The SMILES string of the molecule is CCCC1=C(C(=O)OCC)[C@H](c2c(Cl)cccc2Cl)C2=C(C[C@@H](c3cccs3)[C@H](C(=O)OCC)C2=O)N1. The number of halogens is 2. The third-order valence-electron chi connectivity index (χ3n) is 6.64. The van der Waals surface area contributed by atoms with Gasteiger partial charge in [0.05, 0.1) is 24.7 Å². The summed E-state index contributed by atoms with van der Waals surface area (Å²) in [5.41, 5.74) is 2.39. The Bertz CT molecular complexity index is 1250. The van der Waals surface area contributed by atoms with Crippen LogP contribution in [0.5, 0.6) is 0 Å². The summed E-state index contributed by atoms with van der Waals surface area (Å²) in [5.74, 6) is -3.86. The molecular formula is C28H29Cl2NO5S. The van der Waals surface area contributed by atoms with Gasteiger partial charge >= 0.3 is 11.9 Å². The normalized spacial score (nSPS) is 21.4.